The van der Waals surface area contributed by atoms with Gasteiger partial charge in [-0.15, -0.1) is 0 Å². The number of aromatic nitrogens is 2. The molecule has 5 rings (SSSR count). The van der Waals surface area contributed by atoms with Crippen molar-refractivity contribution in [2.24, 2.45) is 11.3 Å². The average Bonchev–Trinajstić information content (AvgIpc) is 3.57. The molecule has 142 valence electrons. The van der Waals surface area contributed by atoms with Crippen molar-refractivity contribution in [2.45, 2.75) is 65.1 Å². The summed E-state index contributed by atoms with van der Waals surface area (Å²) in [5.41, 5.74) is 3.90. The Morgan fingerprint density at radius 1 is 1.30 bits per heavy atom. The number of nitrogens with one attached hydrogen (secondary N) is 1. The molecule has 0 unspecified atom stereocenters. The third kappa shape index (κ3) is 3.24. The molecule has 5 nitrogen and oxygen atoms in total. The topological polar surface area (TPSA) is 58.1 Å². The summed E-state index contributed by atoms with van der Waals surface area (Å²) in [6, 6.07) is 6.61. The van der Waals surface area contributed by atoms with Gasteiger partial charge in [-0.05, 0) is 54.7 Å². The van der Waals surface area contributed by atoms with Crippen LogP contribution in [0.25, 0.3) is 0 Å². The van der Waals surface area contributed by atoms with Crippen LogP contribution in [0.3, 0.4) is 0 Å². The van der Waals surface area contributed by atoms with Crippen LogP contribution in [-0.2, 0) is 30.8 Å². The molecule has 0 spiro atoms. The van der Waals surface area contributed by atoms with E-state index in [0.29, 0.717) is 12.5 Å². The highest BCUT2D eigenvalue weighted by atomic mass is 32.1. The van der Waals surface area contributed by atoms with E-state index in [-0.39, 0.29) is 11.3 Å². The molecular formula is C21H26N4OS. The zero-order valence-corrected chi connectivity index (χ0v) is 16.6. The minimum atomic E-state index is 0.00155. The number of amides is 1. The van der Waals surface area contributed by atoms with Crippen molar-refractivity contribution in [3.8, 4) is 0 Å². The second-order valence-corrected chi connectivity index (χ2v) is 9.05. The van der Waals surface area contributed by atoms with Gasteiger partial charge in [-0.1, -0.05) is 25.1 Å². The van der Waals surface area contributed by atoms with Crippen LogP contribution in [0.2, 0.25) is 0 Å². The maximum absolute atomic E-state index is 12.6. The maximum Gasteiger partial charge on any atom is 0.226 e. The first-order valence-corrected chi connectivity index (χ1v) is 10.9. The Morgan fingerprint density at radius 3 is 2.85 bits per heavy atom. The fourth-order valence-electron chi connectivity index (χ4n) is 4.34. The van der Waals surface area contributed by atoms with E-state index in [1.54, 1.807) is 0 Å². The second-order valence-electron chi connectivity index (χ2n) is 8.32. The average molecular weight is 383 g/mol. The molecule has 0 saturated heterocycles. The van der Waals surface area contributed by atoms with Crippen LogP contribution in [-0.4, -0.2) is 15.3 Å². The molecule has 2 heterocycles. The van der Waals surface area contributed by atoms with Crippen LogP contribution >= 0.6 is 11.5 Å². The first-order valence-electron chi connectivity index (χ1n) is 10.1. The molecule has 1 amide bonds. The highest BCUT2D eigenvalue weighted by Gasteiger charge is 2.58. The smallest absolute Gasteiger partial charge is 0.226 e. The van der Waals surface area contributed by atoms with Crippen LogP contribution in [0.4, 0.5) is 5.13 Å². The third-order valence-electron chi connectivity index (χ3n) is 6.25. The van der Waals surface area contributed by atoms with Crippen LogP contribution in [0.15, 0.2) is 18.2 Å². The number of anilines is 1. The Bertz CT molecular complexity index is 869. The van der Waals surface area contributed by atoms with E-state index >= 15 is 0 Å². The molecule has 3 aliphatic rings. The molecule has 27 heavy (non-hydrogen) atoms. The summed E-state index contributed by atoms with van der Waals surface area (Å²) in [6.07, 6.45) is 6.69. The van der Waals surface area contributed by atoms with E-state index in [1.165, 1.54) is 41.1 Å². The Kier molecular flexibility index (Phi) is 4.19. The zero-order valence-electron chi connectivity index (χ0n) is 15.8. The Labute approximate surface area is 164 Å². The quantitative estimate of drug-likeness (QED) is 0.791. The Hall–Kier alpha value is -1.95. The maximum atomic E-state index is 12.6. The fourth-order valence-corrected chi connectivity index (χ4v) is 5.05. The summed E-state index contributed by atoms with van der Waals surface area (Å²) in [5.74, 6) is 1.90. The van der Waals surface area contributed by atoms with Crippen molar-refractivity contribution in [3.63, 3.8) is 0 Å². The van der Waals surface area contributed by atoms with Gasteiger partial charge in [-0.2, -0.15) is 4.37 Å². The van der Waals surface area contributed by atoms with Gasteiger partial charge >= 0.3 is 0 Å². The molecule has 0 atom stereocenters. The highest BCUT2D eigenvalue weighted by Crippen LogP contribution is 2.61. The van der Waals surface area contributed by atoms with Gasteiger partial charge in [0.25, 0.3) is 0 Å². The fraction of sp³-hybridized carbons (Fsp3) is 0.571. The van der Waals surface area contributed by atoms with Gasteiger partial charge in [-0.25, -0.2) is 4.98 Å². The van der Waals surface area contributed by atoms with Gasteiger partial charge < -0.3 is 10.2 Å². The minimum Gasteiger partial charge on any atom is -0.352 e. The second kappa shape index (κ2) is 6.59. The predicted octanol–water partition coefficient (Wildman–Crippen LogP) is 3.82. The molecule has 1 aromatic heterocycles. The van der Waals surface area contributed by atoms with Crippen molar-refractivity contribution in [1.82, 2.24) is 14.7 Å². The van der Waals surface area contributed by atoms with Gasteiger partial charge in [0.2, 0.25) is 11.0 Å². The number of benzene rings is 1. The normalized spacial score (nSPS) is 19.8. The van der Waals surface area contributed by atoms with E-state index in [9.17, 15) is 4.79 Å². The zero-order chi connectivity index (χ0) is 18.4. The van der Waals surface area contributed by atoms with Gasteiger partial charge in [0, 0.05) is 37.6 Å². The lowest BCUT2D eigenvalue weighted by Gasteiger charge is -2.14. The molecule has 1 aromatic carbocycles. The number of carbonyl (C=O) groups excluding carboxylic acids is 1. The molecular weight excluding hydrogens is 356 g/mol. The first kappa shape index (κ1) is 17.2. The van der Waals surface area contributed by atoms with Gasteiger partial charge in [0.1, 0.15) is 5.82 Å². The molecule has 6 heteroatoms. The third-order valence-corrected chi connectivity index (χ3v) is 7.06. The summed E-state index contributed by atoms with van der Waals surface area (Å²) in [7, 11) is 0. The molecule has 0 bridgehead atoms. The lowest BCUT2D eigenvalue weighted by molar-refractivity contribution is -0.127. The molecule has 0 radical (unpaired) electrons. The molecule has 1 N–H and O–H groups in total. The molecule has 2 saturated carbocycles. The lowest BCUT2D eigenvalue weighted by Crippen LogP contribution is -2.32. The van der Waals surface area contributed by atoms with E-state index in [4.69, 9.17) is 0 Å². The van der Waals surface area contributed by atoms with E-state index in [1.807, 2.05) is 0 Å². The molecule has 2 aliphatic carbocycles. The lowest BCUT2D eigenvalue weighted by atomic mass is 9.99. The number of fused-ring (bicyclic) bond motifs is 1. The Morgan fingerprint density at radius 2 is 2.11 bits per heavy atom. The van der Waals surface area contributed by atoms with Crippen molar-refractivity contribution in [1.29, 1.82) is 0 Å². The number of aryl methyl sites for hydroxylation is 1. The van der Waals surface area contributed by atoms with E-state index in [0.717, 1.165) is 49.7 Å². The Balaban J connectivity index is 1.22. The highest BCUT2D eigenvalue weighted by molar-refractivity contribution is 7.09. The van der Waals surface area contributed by atoms with Crippen molar-refractivity contribution in [3.05, 3.63) is 40.7 Å². The standard InChI is InChI=1S/C21H26N4OS/c1-2-3-18-23-20(27-24-18)25-12-15-5-4-14(10-16(15)13-25)11-22-19(26)21(8-9-21)17-6-7-17/h4-5,10,17H,2-3,6-9,11-13H2,1H3,(H,22,26). The number of nitrogens with zero attached hydrogens (tertiary/aromatic N) is 3. The summed E-state index contributed by atoms with van der Waals surface area (Å²) >= 11 is 1.50. The number of carbonyl (C=O) groups is 1. The first-order chi connectivity index (χ1) is 13.2. The van der Waals surface area contributed by atoms with Crippen LogP contribution in [0.1, 0.15) is 61.5 Å². The molecule has 2 aromatic rings. The van der Waals surface area contributed by atoms with Crippen LogP contribution in [0, 0.1) is 11.3 Å². The SMILES string of the molecule is CCCc1nsc(N2Cc3ccc(CNC(=O)C4(C5CC5)CC4)cc3C2)n1. The van der Waals surface area contributed by atoms with Crippen molar-refractivity contribution in [2.75, 3.05) is 4.90 Å². The minimum absolute atomic E-state index is 0.00155. The van der Waals surface area contributed by atoms with E-state index in [2.05, 4.69) is 44.7 Å². The number of hydrogen-bond donors (Lipinski definition) is 1. The van der Waals surface area contributed by atoms with Crippen molar-refractivity contribution >= 4 is 22.6 Å². The van der Waals surface area contributed by atoms with Crippen LogP contribution < -0.4 is 10.2 Å². The number of rotatable bonds is 7. The van der Waals surface area contributed by atoms with Crippen molar-refractivity contribution < 1.29 is 4.79 Å². The van der Waals surface area contributed by atoms with Gasteiger partial charge in [0.05, 0.1) is 5.41 Å². The summed E-state index contributed by atoms with van der Waals surface area (Å²) in [4.78, 5) is 19.6. The summed E-state index contributed by atoms with van der Waals surface area (Å²) < 4.78 is 4.47. The summed E-state index contributed by atoms with van der Waals surface area (Å²) in [6.45, 7) is 4.57. The monoisotopic (exact) mass is 382 g/mol. The molecule has 2 fully saturated rings. The predicted molar refractivity (Wildman–Crippen MR) is 106 cm³/mol. The number of hydrogen-bond acceptors (Lipinski definition) is 5. The van der Waals surface area contributed by atoms with E-state index < -0.39 is 0 Å². The van der Waals surface area contributed by atoms with Gasteiger partial charge in [0.15, 0.2) is 0 Å². The largest absolute Gasteiger partial charge is 0.352 e. The van der Waals surface area contributed by atoms with Crippen LogP contribution in [0.5, 0.6) is 0 Å². The molecule has 1 aliphatic heterocycles. The van der Waals surface area contributed by atoms with Gasteiger partial charge in [-0.3, -0.25) is 4.79 Å². The summed E-state index contributed by atoms with van der Waals surface area (Å²) in [5, 5.41) is 4.22.